The quantitative estimate of drug-likeness (QED) is 0.500. The lowest BCUT2D eigenvalue weighted by molar-refractivity contribution is 0.192. The van der Waals surface area contributed by atoms with Gasteiger partial charge in [-0.3, -0.25) is 5.10 Å². The highest BCUT2D eigenvalue weighted by Gasteiger charge is 2.32. The maximum atomic E-state index is 14.9. The van der Waals surface area contributed by atoms with E-state index < -0.39 is 15.8 Å². The van der Waals surface area contributed by atoms with Crippen molar-refractivity contribution in [2.24, 2.45) is 0 Å². The Morgan fingerprint density at radius 3 is 2.82 bits per heavy atom. The van der Waals surface area contributed by atoms with E-state index in [-0.39, 0.29) is 40.1 Å². The normalized spacial score (nSPS) is 21.4. The number of fused-ring (bicyclic) bond motifs is 1. The number of benzene rings is 1. The standard InChI is InChI=1S/C23H27FN6O3S/c1-23(2,3)16-8-9-25-30-22(16)33-14-5-4-13(10-14)18-11-20(29-28-18)27-17-6-7-19-15(21(17)24)12-26-34(19,31)32/h6-9,11,13-14,26H,4-5,10,12H2,1-3H3,(H2,27,28,29)/t13-,14+/m0/s1. The Morgan fingerprint density at radius 1 is 1.21 bits per heavy atom. The molecule has 0 amide bonds. The zero-order chi connectivity index (χ0) is 24.1. The van der Waals surface area contributed by atoms with Crippen LogP contribution in [0, 0.1) is 5.82 Å². The molecule has 2 aromatic heterocycles. The summed E-state index contributed by atoms with van der Waals surface area (Å²) in [6.07, 6.45) is 4.31. The topological polar surface area (TPSA) is 122 Å². The Kier molecular flexibility index (Phi) is 5.56. The second kappa shape index (κ2) is 8.31. The van der Waals surface area contributed by atoms with Crippen LogP contribution in [-0.4, -0.2) is 34.9 Å². The van der Waals surface area contributed by atoms with Gasteiger partial charge in [-0.25, -0.2) is 17.5 Å². The van der Waals surface area contributed by atoms with Crippen molar-refractivity contribution >= 4 is 21.5 Å². The van der Waals surface area contributed by atoms with Crippen LogP contribution in [0.3, 0.4) is 0 Å². The summed E-state index contributed by atoms with van der Waals surface area (Å²) in [5.74, 6) is 0.678. The van der Waals surface area contributed by atoms with Gasteiger partial charge in [0.05, 0.1) is 16.8 Å². The molecule has 1 fully saturated rings. The zero-order valence-corrected chi connectivity index (χ0v) is 20.0. The lowest BCUT2D eigenvalue weighted by Crippen LogP contribution is -2.19. The van der Waals surface area contributed by atoms with Crippen molar-refractivity contribution in [2.75, 3.05) is 5.32 Å². The molecule has 0 spiro atoms. The number of aromatic nitrogens is 4. The number of hydrogen-bond acceptors (Lipinski definition) is 7. The molecule has 3 heterocycles. The summed E-state index contributed by atoms with van der Waals surface area (Å²) in [5.41, 5.74) is 2.18. The van der Waals surface area contributed by atoms with E-state index in [4.69, 9.17) is 4.74 Å². The molecule has 11 heteroatoms. The highest BCUT2D eigenvalue weighted by molar-refractivity contribution is 7.89. The Hall–Kier alpha value is -3.05. The third kappa shape index (κ3) is 4.25. The monoisotopic (exact) mass is 486 g/mol. The number of hydrogen-bond donors (Lipinski definition) is 3. The van der Waals surface area contributed by atoms with Crippen LogP contribution in [0.4, 0.5) is 15.9 Å². The molecular weight excluding hydrogens is 459 g/mol. The number of rotatable bonds is 5. The summed E-state index contributed by atoms with van der Waals surface area (Å²) >= 11 is 0. The molecule has 3 aromatic rings. The van der Waals surface area contributed by atoms with Crippen LogP contribution in [0.5, 0.6) is 5.88 Å². The minimum absolute atomic E-state index is 0.0195. The molecule has 1 saturated carbocycles. The van der Waals surface area contributed by atoms with Crippen molar-refractivity contribution in [1.82, 2.24) is 25.1 Å². The molecule has 0 radical (unpaired) electrons. The minimum Gasteiger partial charge on any atom is -0.473 e. The fraction of sp³-hybridized carbons (Fsp3) is 0.435. The molecule has 180 valence electrons. The van der Waals surface area contributed by atoms with Crippen LogP contribution in [0.15, 0.2) is 35.4 Å². The van der Waals surface area contributed by atoms with Gasteiger partial charge in [0.15, 0.2) is 11.6 Å². The van der Waals surface area contributed by atoms with Crippen LogP contribution in [0.2, 0.25) is 0 Å². The first-order valence-electron chi connectivity index (χ1n) is 11.2. The van der Waals surface area contributed by atoms with Crippen molar-refractivity contribution in [3.63, 3.8) is 0 Å². The maximum Gasteiger partial charge on any atom is 0.241 e. The van der Waals surface area contributed by atoms with E-state index in [1.807, 2.05) is 12.1 Å². The number of nitrogens with one attached hydrogen (secondary N) is 3. The molecule has 1 aromatic carbocycles. The molecule has 1 aliphatic carbocycles. The van der Waals surface area contributed by atoms with E-state index in [9.17, 15) is 12.8 Å². The molecule has 2 atom stereocenters. The number of sulfonamides is 1. The predicted octanol–water partition coefficient (Wildman–Crippen LogP) is 3.89. The second-order valence-corrected chi connectivity index (χ2v) is 11.5. The average molecular weight is 487 g/mol. The van der Waals surface area contributed by atoms with Gasteiger partial charge in [-0.15, -0.1) is 5.10 Å². The Bertz CT molecular complexity index is 1330. The number of ether oxygens (including phenoxy) is 1. The van der Waals surface area contributed by atoms with Gasteiger partial charge in [0, 0.05) is 35.3 Å². The first-order chi connectivity index (χ1) is 16.1. The van der Waals surface area contributed by atoms with E-state index >= 15 is 0 Å². The summed E-state index contributed by atoms with van der Waals surface area (Å²) in [6, 6.07) is 6.63. The smallest absolute Gasteiger partial charge is 0.241 e. The Morgan fingerprint density at radius 2 is 2.03 bits per heavy atom. The van der Waals surface area contributed by atoms with Crippen LogP contribution in [0.1, 0.15) is 62.8 Å². The summed E-state index contributed by atoms with van der Waals surface area (Å²) in [5, 5.41) is 18.5. The van der Waals surface area contributed by atoms with E-state index in [1.54, 1.807) is 6.20 Å². The summed E-state index contributed by atoms with van der Waals surface area (Å²) < 4.78 is 47.2. The largest absolute Gasteiger partial charge is 0.473 e. The summed E-state index contributed by atoms with van der Waals surface area (Å²) in [6.45, 7) is 6.29. The molecule has 5 rings (SSSR count). The third-order valence-electron chi connectivity index (χ3n) is 6.39. The number of halogens is 1. The number of aromatic amines is 1. The lowest BCUT2D eigenvalue weighted by atomic mass is 9.88. The highest BCUT2D eigenvalue weighted by Crippen LogP contribution is 2.38. The molecule has 3 N–H and O–H groups in total. The molecule has 1 aliphatic heterocycles. The predicted molar refractivity (Wildman–Crippen MR) is 124 cm³/mol. The zero-order valence-electron chi connectivity index (χ0n) is 19.2. The van der Waals surface area contributed by atoms with Crippen molar-refractivity contribution in [1.29, 1.82) is 0 Å². The van der Waals surface area contributed by atoms with E-state index in [1.165, 1.54) is 12.1 Å². The number of anilines is 2. The summed E-state index contributed by atoms with van der Waals surface area (Å²) in [7, 11) is -3.62. The molecule has 0 bridgehead atoms. The SMILES string of the molecule is CC(C)(C)c1ccnnc1O[C@@H]1CC[C@H](c2cc(Nc3ccc4c(c3F)CNS4(=O)=O)n[nH]2)C1. The van der Waals surface area contributed by atoms with Gasteiger partial charge in [0.1, 0.15) is 6.10 Å². The fourth-order valence-electron chi connectivity index (χ4n) is 4.57. The van der Waals surface area contributed by atoms with Crippen LogP contribution < -0.4 is 14.8 Å². The van der Waals surface area contributed by atoms with Gasteiger partial charge in [-0.05, 0) is 42.9 Å². The molecule has 2 aliphatic rings. The lowest BCUT2D eigenvalue weighted by Gasteiger charge is -2.23. The second-order valence-electron chi connectivity index (χ2n) is 9.81. The van der Waals surface area contributed by atoms with Gasteiger partial charge in [-0.1, -0.05) is 20.8 Å². The molecule has 9 nitrogen and oxygen atoms in total. The molecule has 0 unspecified atom stereocenters. The molecular formula is C23H27FN6O3S. The first kappa shape index (κ1) is 22.7. The van der Waals surface area contributed by atoms with Crippen LogP contribution >= 0.6 is 0 Å². The van der Waals surface area contributed by atoms with Crippen molar-refractivity contribution in [3.05, 3.63) is 53.1 Å². The van der Waals surface area contributed by atoms with E-state index in [0.29, 0.717) is 11.7 Å². The van der Waals surface area contributed by atoms with Crippen molar-refractivity contribution in [3.8, 4) is 5.88 Å². The molecule has 34 heavy (non-hydrogen) atoms. The van der Waals surface area contributed by atoms with Crippen molar-refractivity contribution < 1.29 is 17.5 Å². The number of nitrogens with zero attached hydrogens (tertiary/aromatic N) is 3. The molecule has 0 saturated heterocycles. The van der Waals surface area contributed by atoms with Gasteiger partial charge in [-0.2, -0.15) is 10.2 Å². The third-order valence-corrected chi connectivity index (χ3v) is 7.87. The van der Waals surface area contributed by atoms with Crippen molar-refractivity contribution in [2.45, 2.75) is 68.9 Å². The Labute approximate surface area is 197 Å². The maximum absolute atomic E-state index is 14.9. The van der Waals surface area contributed by atoms with Gasteiger partial charge >= 0.3 is 0 Å². The van der Waals surface area contributed by atoms with Gasteiger partial charge in [0.2, 0.25) is 15.9 Å². The van der Waals surface area contributed by atoms with Crippen LogP contribution in [0.25, 0.3) is 0 Å². The van der Waals surface area contributed by atoms with Gasteiger partial charge in [0.25, 0.3) is 0 Å². The highest BCUT2D eigenvalue weighted by atomic mass is 32.2. The van der Waals surface area contributed by atoms with E-state index in [0.717, 1.165) is 30.5 Å². The van der Waals surface area contributed by atoms with E-state index in [2.05, 4.69) is 51.2 Å². The Balaban J connectivity index is 1.26. The fourth-order valence-corrected chi connectivity index (χ4v) is 5.80. The summed E-state index contributed by atoms with van der Waals surface area (Å²) in [4.78, 5) is -0.0204. The van der Waals surface area contributed by atoms with Crippen LogP contribution in [-0.2, 0) is 22.0 Å². The number of H-pyrrole nitrogens is 1. The first-order valence-corrected chi connectivity index (χ1v) is 12.7. The minimum atomic E-state index is -3.62. The average Bonchev–Trinajstić information content (AvgIpc) is 3.49. The van der Waals surface area contributed by atoms with Gasteiger partial charge < -0.3 is 10.1 Å².